The molecule has 2 aliphatic rings. The highest BCUT2D eigenvalue weighted by molar-refractivity contribution is 6.05. The van der Waals surface area contributed by atoms with Gasteiger partial charge in [-0.25, -0.2) is 9.07 Å². The lowest BCUT2D eigenvalue weighted by atomic mass is 10.0. The molecule has 0 radical (unpaired) electrons. The van der Waals surface area contributed by atoms with Gasteiger partial charge in [0.05, 0.1) is 30.0 Å². The monoisotopic (exact) mass is 427 g/mol. The first-order valence-electron chi connectivity index (χ1n) is 10.7. The summed E-state index contributed by atoms with van der Waals surface area (Å²) in [6, 6.07) is 5.01. The van der Waals surface area contributed by atoms with Gasteiger partial charge in [-0.1, -0.05) is 6.42 Å². The van der Waals surface area contributed by atoms with E-state index in [9.17, 15) is 18.8 Å². The second kappa shape index (κ2) is 8.87. The summed E-state index contributed by atoms with van der Waals surface area (Å²) in [6.45, 7) is 1.06. The summed E-state index contributed by atoms with van der Waals surface area (Å²) in [5.74, 6) is -0.709. The third kappa shape index (κ3) is 4.30. The summed E-state index contributed by atoms with van der Waals surface area (Å²) in [5, 5.41) is 4.18. The van der Waals surface area contributed by atoms with Crippen molar-refractivity contribution < 1.29 is 18.8 Å². The summed E-state index contributed by atoms with van der Waals surface area (Å²) in [6.07, 6.45) is 5.83. The van der Waals surface area contributed by atoms with E-state index in [1.807, 2.05) is 0 Å². The van der Waals surface area contributed by atoms with E-state index in [4.69, 9.17) is 5.73 Å². The smallest absolute Gasteiger partial charge is 0.242 e. The molecule has 2 aromatic rings. The van der Waals surface area contributed by atoms with Gasteiger partial charge in [0.2, 0.25) is 11.8 Å². The van der Waals surface area contributed by atoms with Crippen molar-refractivity contribution in [2.75, 3.05) is 25.4 Å². The molecule has 0 saturated carbocycles. The van der Waals surface area contributed by atoms with Crippen molar-refractivity contribution in [1.29, 1.82) is 0 Å². The van der Waals surface area contributed by atoms with Gasteiger partial charge in [0.1, 0.15) is 11.6 Å². The number of hydrogen-bond donors (Lipinski definition) is 1. The summed E-state index contributed by atoms with van der Waals surface area (Å²) in [4.78, 5) is 41.6. The molecule has 2 fully saturated rings. The molecule has 1 atom stereocenters. The number of likely N-dealkylation sites (tertiary alicyclic amines) is 2. The van der Waals surface area contributed by atoms with Crippen LogP contribution in [0, 0.1) is 5.82 Å². The van der Waals surface area contributed by atoms with Gasteiger partial charge in [-0.15, -0.1) is 0 Å². The molecule has 31 heavy (non-hydrogen) atoms. The average molecular weight is 427 g/mol. The Hall–Kier alpha value is -3.23. The Kier molecular flexibility index (Phi) is 6.01. The topological polar surface area (TPSA) is 102 Å². The SMILES string of the molecule is Nc1c(C(=O)[C@@H]2CCCN2C(=O)CN2CCCCCC2=O)cnn1-c1ccc(F)cc1. The van der Waals surface area contributed by atoms with Gasteiger partial charge in [-0.05, 0) is 49.9 Å². The third-order valence-corrected chi connectivity index (χ3v) is 6.02. The van der Waals surface area contributed by atoms with Crippen molar-refractivity contribution in [3.63, 3.8) is 0 Å². The van der Waals surface area contributed by atoms with Crippen molar-refractivity contribution in [3.05, 3.63) is 41.8 Å². The number of nitrogens with zero attached hydrogens (tertiary/aromatic N) is 4. The van der Waals surface area contributed by atoms with Gasteiger partial charge < -0.3 is 15.5 Å². The molecule has 9 heteroatoms. The second-order valence-corrected chi connectivity index (χ2v) is 8.07. The molecular weight excluding hydrogens is 401 g/mol. The fourth-order valence-electron chi connectivity index (χ4n) is 4.31. The summed E-state index contributed by atoms with van der Waals surface area (Å²) >= 11 is 0. The minimum absolute atomic E-state index is 0.00209. The maximum Gasteiger partial charge on any atom is 0.242 e. The van der Waals surface area contributed by atoms with Crippen LogP contribution in [0.2, 0.25) is 0 Å². The van der Waals surface area contributed by atoms with E-state index < -0.39 is 6.04 Å². The number of carbonyl (C=O) groups excluding carboxylic acids is 3. The zero-order valence-corrected chi connectivity index (χ0v) is 17.3. The first-order chi connectivity index (χ1) is 15.0. The number of ketones is 1. The minimum Gasteiger partial charge on any atom is -0.383 e. The Morgan fingerprint density at radius 3 is 2.65 bits per heavy atom. The van der Waals surface area contributed by atoms with Crippen LogP contribution in [0.15, 0.2) is 30.5 Å². The number of nitrogen functional groups attached to an aromatic ring is 1. The molecule has 0 unspecified atom stereocenters. The van der Waals surface area contributed by atoms with E-state index in [0.717, 1.165) is 19.3 Å². The maximum absolute atomic E-state index is 13.2. The Morgan fingerprint density at radius 2 is 1.87 bits per heavy atom. The average Bonchev–Trinajstić information content (AvgIpc) is 3.34. The molecule has 2 N–H and O–H groups in total. The third-order valence-electron chi connectivity index (χ3n) is 6.02. The number of hydrogen-bond acceptors (Lipinski definition) is 5. The molecule has 1 aromatic carbocycles. The van der Waals surface area contributed by atoms with Crippen LogP contribution in [-0.4, -0.2) is 62.9 Å². The van der Waals surface area contributed by atoms with E-state index >= 15 is 0 Å². The number of benzene rings is 1. The van der Waals surface area contributed by atoms with Gasteiger partial charge in [-0.2, -0.15) is 5.10 Å². The number of Topliss-reactive ketones (excluding diaryl/α,β-unsaturated/α-hetero) is 1. The summed E-state index contributed by atoms with van der Waals surface area (Å²) in [7, 11) is 0. The molecule has 4 rings (SSSR count). The van der Waals surface area contributed by atoms with Crippen molar-refractivity contribution in [3.8, 4) is 5.69 Å². The van der Waals surface area contributed by atoms with E-state index in [2.05, 4.69) is 5.10 Å². The normalized spacial score (nSPS) is 19.5. The lowest BCUT2D eigenvalue weighted by molar-refractivity contribution is -0.140. The maximum atomic E-state index is 13.2. The molecule has 3 heterocycles. The van der Waals surface area contributed by atoms with Crippen LogP contribution in [0.5, 0.6) is 0 Å². The standard InChI is InChI=1S/C22H26FN5O3/c23-15-7-9-16(10-8-15)28-22(24)17(13-25-28)21(31)18-5-4-12-27(18)20(30)14-26-11-3-1-2-6-19(26)29/h7-10,13,18H,1-6,11-12,14,24H2/t18-/m0/s1. The number of halogens is 1. The van der Waals surface area contributed by atoms with E-state index in [1.54, 1.807) is 9.80 Å². The highest BCUT2D eigenvalue weighted by Gasteiger charge is 2.37. The molecule has 2 aliphatic heterocycles. The van der Waals surface area contributed by atoms with Crippen molar-refractivity contribution in [2.45, 2.75) is 44.6 Å². The number of carbonyl (C=O) groups is 3. The largest absolute Gasteiger partial charge is 0.383 e. The predicted molar refractivity (Wildman–Crippen MR) is 112 cm³/mol. The highest BCUT2D eigenvalue weighted by Crippen LogP contribution is 2.26. The van der Waals surface area contributed by atoms with Crippen LogP contribution >= 0.6 is 0 Å². The fraction of sp³-hybridized carbons (Fsp3) is 0.455. The Morgan fingerprint density at radius 1 is 1.10 bits per heavy atom. The Balaban J connectivity index is 1.49. The van der Waals surface area contributed by atoms with Crippen molar-refractivity contribution in [2.24, 2.45) is 0 Å². The zero-order chi connectivity index (χ0) is 22.0. The van der Waals surface area contributed by atoms with Gasteiger partial charge in [0.15, 0.2) is 5.78 Å². The number of amides is 2. The zero-order valence-electron chi connectivity index (χ0n) is 17.3. The number of anilines is 1. The van der Waals surface area contributed by atoms with E-state index in [-0.39, 0.29) is 41.3 Å². The fourth-order valence-corrected chi connectivity index (χ4v) is 4.31. The number of nitrogens with two attached hydrogens (primary N) is 1. The highest BCUT2D eigenvalue weighted by atomic mass is 19.1. The van der Waals surface area contributed by atoms with Crippen molar-refractivity contribution >= 4 is 23.4 Å². The molecule has 0 bridgehead atoms. The van der Waals surface area contributed by atoms with Crippen LogP contribution in [-0.2, 0) is 9.59 Å². The second-order valence-electron chi connectivity index (χ2n) is 8.07. The lowest BCUT2D eigenvalue weighted by Crippen LogP contribution is -2.47. The van der Waals surface area contributed by atoms with E-state index in [1.165, 1.54) is 35.1 Å². The molecule has 2 amide bonds. The molecule has 0 aliphatic carbocycles. The molecule has 0 spiro atoms. The lowest BCUT2D eigenvalue weighted by Gasteiger charge is -2.27. The van der Waals surface area contributed by atoms with Crippen LogP contribution in [0.1, 0.15) is 48.9 Å². The summed E-state index contributed by atoms with van der Waals surface area (Å²) in [5.41, 5.74) is 6.95. The van der Waals surface area contributed by atoms with Crippen molar-refractivity contribution in [1.82, 2.24) is 19.6 Å². The number of aromatic nitrogens is 2. The summed E-state index contributed by atoms with van der Waals surface area (Å²) < 4.78 is 14.6. The van der Waals surface area contributed by atoms with Gasteiger partial charge in [0, 0.05) is 19.5 Å². The molecule has 1 aromatic heterocycles. The van der Waals surface area contributed by atoms with Crippen LogP contribution in [0.3, 0.4) is 0 Å². The Labute approximate surface area is 179 Å². The van der Waals surface area contributed by atoms with E-state index in [0.29, 0.717) is 38.0 Å². The predicted octanol–water partition coefficient (Wildman–Crippen LogP) is 2.17. The van der Waals surface area contributed by atoms with Gasteiger partial charge >= 0.3 is 0 Å². The van der Waals surface area contributed by atoms with Gasteiger partial charge in [0.25, 0.3) is 0 Å². The molecular formula is C22H26FN5O3. The molecule has 164 valence electrons. The number of rotatable bonds is 5. The van der Waals surface area contributed by atoms with Gasteiger partial charge in [-0.3, -0.25) is 14.4 Å². The molecule has 2 saturated heterocycles. The van der Waals surface area contributed by atoms with Crippen LogP contribution in [0.4, 0.5) is 10.2 Å². The quantitative estimate of drug-likeness (QED) is 0.737. The van der Waals surface area contributed by atoms with Crippen LogP contribution < -0.4 is 5.73 Å². The van der Waals surface area contributed by atoms with Crippen LogP contribution in [0.25, 0.3) is 5.69 Å². The first kappa shape index (κ1) is 21.0. The molecule has 8 nitrogen and oxygen atoms in total. The minimum atomic E-state index is -0.622. The first-order valence-corrected chi connectivity index (χ1v) is 10.7. The Bertz CT molecular complexity index is 988.